The van der Waals surface area contributed by atoms with Crippen LogP contribution >= 0.6 is 0 Å². The van der Waals surface area contributed by atoms with Crippen molar-refractivity contribution >= 4 is 11.0 Å². The number of benzene rings is 1. The standard InChI is InChI=1S/C10H13N3O/c1-10(14,6-11)13-7-12-8-4-2-3-5-9(8)13/h2-5,7,14H,6,11H2,1H3. The number of nitrogens with two attached hydrogens (primary N) is 1. The maximum atomic E-state index is 9.98. The predicted octanol–water partition coefficient (Wildman–Crippen LogP) is 0.660. The van der Waals surface area contributed by atoms with Gasteiger partial charge in [0.2, 0.25) is 0 Å². The second-order valence-electron chi connectivity index (χ2n) is 3.52. The first-order valence-electron chi connectivity index (χ1n) is 4.50. The van der Waals surface area contributed by atoms with Gasteiger partial charge in [-0.1, -0.05) is 12.1 Å². The van der Waals surface area contributed by atoms with Gasteiger partial charge in [-0.15, -0.1) is 0 Å². The van der Waals surface area contributed by atoms with Gasteiger partial charge in [0, 0.05) is 6.54 Å². The summed E-state index contributed by atoms with van der Waals surface area (Å²) in [6.45, 7) is 1.83. The molecule has 0 radical (unpaired) electrons. The molecule has 0 amide bonds. The minimum Gasteiger partial charge on any atom is -0.369 e. The summed E-state index contributed by atoms with van der Waals surface area (Å²) in [5.41, 5.74) is 6.17. The van der Waals surface area contributed by atoms with Crippen LogP contribution in [-0.4, -0.2) is 21.2 Å². The Morgan fingerprint density at radius 3 is 2.93 bits per heavy atom. The fourth-order valence-electron chi connectivity index (χ4n) is 1.44. The molecule has 1 heterocycles. The molecule has 2 aromatic rings. The highest BCUT2D eigenvalue weighted by Gasteiger charge is 2.21. The van der Waals surface area contributed by atoms with E-state index in [0.717, 1.165) is 11.0 Å². The smallest absolute Gasteiger partial charge is 0.152 e. The van der Waals surface area contributed by atoms with Gasteiger partial charge in [-0.2, -0.15) is 0 Å². The molecule has 2 rings (SSSR count). The van der Waals surface area contributed by atoms with Crippen molar-refractivity contribution in [3.05, 3.63) is 30.6 Å². The molecule has 0 saturated heterocycles. The highest BCUT2D eigenvalue weighted by molar-refractivity contribution is 5.75. The molecular weight excluding hydrogens is 178 g/mol. The third-order valence-electron chi connectivity index (χ3n) is 2.36. The Labute approximate surface area is 82.0 Å². The summed E-state index contributed by atoms with van der Waals surface area (Å²) >= 11 is 0. The van der Waals surface area contributed by atoms with E-state index in [1.54, 1.807) is 17.8 Å². The monoisotopic (exact) mass is 191 g/mol. The first-order valence-corrected chi connectivity index (χ1v) is 4.50. The summed E-state index contributed by atoms with van der Waals surface area (Å²) < 4.78 is 1.68. The molecule has 1 unspecified atom stereocenters. The Morgan fingerprint density at radius 2 is 2.21 bits per heavy atom. The zero-order valence-electron chi connectivity index (χ0n) is 8.01. The molecule has 0 aliphatic heterocycles. The van der Waals surface area contributed by atoms with Crippen LogP contribution in [0.5, 0.6) is 0 Å². The molecule has 14 heavy (non-hydrogen) atoms. The maximum absolute atomic E-state index is 9.98. The van der Waals surface area contributed by atoms with Crippen LogP contribution in [0.1, 0.15) is 6.92 Å². The second-order valence-corrected chi connectivity index (χ2v) is 3.52. The first-order chi connectivity index (χ1) is 6.65. The predicted molar refractivity (Wildman–Crippen MR) is 54.7 cm³/mol. The average molecular weight is 191 g/mol. The van der Waals surface area contributed by atoms with Crippen LogP contribution in [0.3, 0.4) is 0 Å². The van der Waals surface area contributed by atoms with E-state index in [1.165, 1.54) is 0 Å². The van der Waals surface area contributed by atoms with E-state index in [2.05, 4.69) is 4.98 Å². The molecule has 0 aliphatic rings. The number of imidazole rings is 1. The van der Waals surface area contributed by atoms with E-state index in [0.29, 0.717) is 0 Å². The van der Waals surface area contributed by atoms with Gasteiger partial charge in [0.25, 0.3) is 0 Å². The van der Waals surface area contributed by atoms with Gasteiger partial charge < -0.3 is 15.4 Å². The highest BCUT2D eigenvalue weighted by atomic mass is 16.3. The van der Waals surface area contributed by atoms with Gasteiger partial charge >= 0.3 is 0 Å². The summed E-state index contributed by atoms with van der Waals surface area (Å²) in [6.07, 6.45) is 1.61. The van der Waals surface area contributed by atoms with Crippen LogP contribution in [-0.2, 0) is 5.72 Å². The number of nitrogens with zero attached hydrogens (tertiary/aromatic N) is 2. The molecule has 1 aromatic heterocycles. The van der Waals surface area contributed by atoms with Crippen LogP contribution in [0.25, 0.3) is 11.0 Å². The molecule has 4 heteroatoms. The van der Waals surface area contributed by atoms with Gasteiger partial charge in [-0.05, 0) is 19.1 Å². The van der Waals surface area contributed by atoms with Gasteiger partial charge in [0.05, 0.1) is 17.4 Å². The zero-order valence-corrected chi connectivity index (χ0v) is 8.01. The van der Waals surface area contributed by atoms with Crippen molar-refractivity contribution in [2.75, 3.05) is 6.54 Å². The van der Waals surface area contributed by atoms with E-state index in [9.17, 15) is 5.11 Å². The summed E-state index contributed by atoms with van der Waals surface area (Å²) in [5.74, 6) is 0. The lowest BCUT2D eigenvalue weighted by atomic mass is 10.2. The lowest BCUT2D eigenvalue weighted by Gasteiger charge is -2.23. The Bertz CT molecular complexity index is 447. The molecule has 0 fully saturated rings. The Morgan fingerprint density at radius 1 is 1.50 bits per heavy atom. The van der Waals surface area contributed by atoms with E-state index in [4.69, 9.17) is 5.73 Å². The summed E-state index contributed by atoms with van der Waals surface area (Å²) in [5, 5.41) is 9.98. The molecule has 0 aliphatic carbocycles. The first kappa shape index (κ1) is 9.18. The number of aliphatic hydroxyl groups is 1. The minimum absolute atomic E-state index is 0.160. The van der Waals surface area contributed by atoms with Crippen LogP contribution in [0.15, 0.2) is 30.6 Å². The molecule has 0 saturated carbocycles. The van der Waals surface area contributed by atoms with Crippen molar-refractivity contribution in [3.8, 4) is 0 Å². The molecule has 1 aromatic carbocycles. The number of aromatic nitrogens is 2. The second kappa shape index (κ2) is 3.08. The van der Waals surface area contributed by atoms with Crippen LogP contribution < -0.4 is 5.73 Å². The normalized spacial score (nSPS) is 15.6. The molecular formula is C10H13N3O. The molecule has 1 atom stereocenters. The minimum atomic E-state index is -1.07. The van der Waals surface area contributed by atoms with Gasteiger partial charge in [-0.25, -0.2) is 4.98 Å². The van der Waals surface area contributed by atoms with E-state index < -0.39 is 5.72 Å². The van der Waals surface area contributed by atoms with Crippen molar-refractivity contribution in [2.24, 2.45) is 5.73 Å². The number of fused-ring (bicyclic) bond motifs is 1. The Kier molecular flexibility index (Phi) is 2.02. The van der Waals surface area contributed by atoms with E-state index in [1.807, 2.05) is 24.3 Å². The van der Waals surface area contributed by atoms with Gasteiger partial charge in [0.1, 0.15) is 0 Å². The quantitative estimate of drug-likeness (QED) is 0.733. The third kappa shape index (κ3) is 1.29. The molecule has 0 spiro atoms. The topological polar surface area (TPSA) is 64.1 Å². The fraction of sp³-hybridized carbons (Fsp3) is 0.300. The number of para-hydroxylation sites is 2. The van der Waals surface area contributed by atoms with Crippen molar-refractivity contribution in [1.82, 2.24) is 9.55 Å². The number of hydrogen-bond acceptors (Lipinski definition) is 3. The van der Waals surface area contributed by atoms with Crippen LogP contribution in [0.2, 0.25) is 0 Å². The fourth-order valence-corrected chi connectivity index (χ4v) is 1.44. The molecule has 4 nitrogen and oxygen atoms in total. The largest absolute Gasteiger partial charge is 0.369 e. The SMILES string of the molecule is CC(O)(CN)n1cnc2ccccc21. The molecule has 3 N–H and O–H groups in total. The van der Waals surface area contributed by atoms with E-state index in [-0.39, 0.29) is 6.54 Å². The van der Waals surface area contributed by atoms with Crippen LogP contribution in [0, 0.1) is 0 Å². The van der Waals surface area contributed by atoms with Gasteiger partial charge in [0.15, 0.2) is 5.72 Å². The molecule has 0 bridgehead atoms. The van der Waals surface area contributed by atoms with E-state index >= 15 is 0 Å². The average Bonchev–Trinajstić information content (AvgIpc) is 2.61. The lowest BCUT2D eigenvalue weighted by molar-refractivity contribution is -0.00490. The summed E-state index contributed by atoms with van der Waals surface area (Å²) in [6, 6.07) is 7.63. The van der Waals surface area contributed by atoms with Gasteiger partial charge in [-0.3, -0.25) is 0 Å². The zero-order chi connectivity index (χ0) is 10.2. The lowest BCUT2D eigenvalue weighted by Crippen LogP contribution is -2.37. The van der Waals surface area contributed by atoms with Crippen molar-refractivity contribution in [2.45, 2.75) is 12.6 Å². The maximum Gasteiger partial charge on any atom is 0.152 e. The highest BCUT2D eigenvalue weighted by Crippen LogP contribution is 2.19. The number of rotatable bonds is 2. The van der Waals surface area contributed by atoms with Crippen molar-refractivity contribution in [3.63, 3.8) is 0 Å². The van der Waals surface area contributed by atoms with Crippen molar-refractivity contribution in [1.29, 1.82) is 0 Å². The Hall–Kier alpha value is -1.39. The Balaban J connectivity index is 2.64. The van der Waals surface area contributed by atoms with Crippen molar-refractivity contribution < 1.29 is 5.11 Å². The van der Waals surface area contributed by atoms with Crippen LogP contribution in [0.4, 0.5) is 0 Å². The third-order valence-corrected chi connectivity index (χ3v) is 2.36. The molecule has 74 valence electrons. The number of hydrogen-bond donors (Lipinski definition) is 2. The summed E-state index contributed by atoms with van der Waals surface area (Å²) in [7, 11) is 0. The summed E-state index contributed by atoms with van der Waals surface area (Å²) in [4.78, 5) is 4.18.